The molecule has 0 aliphatic rings. The number of carbonyl (C=O) groups excluding carboxylic acids is 3. The van der Waals surface area contributed by atoms with Crippen molar-refractivity contribution in [2.75, 3.05) is 21.3 Å². The van der Waals surface area contributed by atoms with Gasteiger partial charge in [-0.3, -0.25) is 9.59 Å². The van der Waals surface area contributed by atoms with Crippen LogP contribution in [-0.4, -0.2) is 38.9 Å². The molecule has 6 heteroatoms. The summed E-state index contributed by atoms with van der Waals surface area (Å²) in [6.45, 7) is 0. The van der Waals surface area contributed by atoms with E-state index >= 15 is 0 Å². The first-order chi connectivity index (χ1) is 15.5. The third-order valence-corrected chi connectivity index (χ3v) is 4.63. The molecule has 0 unspecified atom stereocenters. The Hall–Kier alpha value is -4.37. The monoisotopic (exact) mass is 428 g/mol. The average molecular weight is 428 g/mol. The Balaban J connectivity index is 1.80. The van der Waals surface area contributed by atoms with Gasteiger partial charge in [-0.05, 0) is 42.5 Å². The first-order valence-electron chi connectivity index (χ1n) is 9.58. The molecule has 0 amide bonds. The topological polar surface area (TPSA) is 78.9 Å². The number of methoxy groups -OCH3 is 3. The molecule has 0 saturated carbocycles. The van der Waals surface area contributed by atoms with Crippen LogP contribution >= 0.6 is 0 Å². The molecule has 0 aliphatic heterocycles. The van der Waals surface area contributed by atoms with E-state index in [1.54, 1.807) is 56.7 Å². The molecule has 3 aromatic carbocycles. The van der Waals surface area contributed by atoms with Crippen LogP contribution in [0.3, 0.4) is 0 Å². The molecule has 0 saturated heterocycles. The van der Waals surface area contributed by atoms with Gasteiger partial charge in [0.05, 0.1) is 26.9 Å². The van der Waals surface area contributed by atoms with Crippen LogP contribution in [0, 0.1) is 11.8 Å². The molecule has 0 N–H and O–H groups in total. The predicted octanol–water partition coefficient (Wildman–Crippen LogP) is 3.96. The van der Waals surface area contributed by atoms with Crippen LogP contribution in [0.5, 0.6) is 11.5 Å². The molecule has 0 aliphatic carbocycles. The fraction of sp³-hybridized carbons (Fsp3) is 0.115. The number of hydrogen-bond donors (Lipinski definition) is 0. The van der Waals surface area contributed by atoms with Crippen LogP contribution < -0.4 is 9.47 Å². The van der Waals surface area contributed by atoms with E-state index in [1.165, 1.54) is 31.4 Å². The summed E-state index contributed by atoms with van der Waals surface area (Å²) in [4.78, 5) is 36.8. The maximum absolute atomic E-state index is 12.7. The minimum Gasteiger partial charge on any atom is -0.493 e. The SMILES string of the molecule is COC(=O)c1ccc(C(=O)C(=O)c2cccc(C#Cc3ccc(OC)c(OC)c3)c2)cc1. The Kier molecular flexibility index (Phi) is 7.04. The van der Waals surface area contributed by atoms with Crippen molar-refractivity contribution >= 4 is 17.5 Å². The lowest BCUT2D eigenvalue weighted by atomic mass is 9.99. The Bertz CT molecular complexity index is 1230. The highest BCUT2D eigenvalue weighted by Crippen LogP contribution is 2.27. The lowest BCUT2D eigenvalue weighted by Crippen LogP contribution is -2.15. The number of rotatable bonds is 6. The Morgan fingerprint density at radius 1 is 0.625 bits per heavy atom. The van der Waals surface area contributed by atoms with Gasteiger partial charge in [0.2, 0.25) is 11.6 Å². The minimum absolute atomic E-state index is 0.185. The van der Waals surface area contributed by atoms with E-state index in [9.17, 15) is 14.4 Å². The van der Waals surface area contributed by atoms with Gasteiger partial charge in [0.25, 0.3) is 0 Å². The fourth-order valence-electron chi connectivity index (χ4n) is 2.93. The maximum Gasteiger partial charge on any atom is 0.337 e. The average Bonchev–Trinajstić information content (AvgIpc) is 2.86. The zero-order chi connectivity index (χ0) is 23.1. The van der Waals surface area contributed by atoms with Gasteiger partial charge in [-0.2, -0.15) is 0 Å². The van der Waals surface area contributed by atoms with Crippen LogP contribution in [0.1, 0.15) is 42.2 Å². The fourth-order valence-corrected chi connectivity index (χ4v) is 2.93. The summed E-state index contributed by atoms with van der Waals surface area (Å²) in [7, 11) is 4.37. The summed E-state index contributed by atoms with van der Waals surface area (Å²) in [5, 5.41) is 0. The smallest absolute Gasteiger partial charge is 0.337 e. The van der Waals surface area contributed by atoms with Gasteiger partial charge in [0.1, 0.15) is 0 Å². The molecule has 6 nitrogen and oxygen atoms in total. The molecule has 3 aromatic rings. The summed E-state index contributed by atoms with van der Waals surface area (Å²) in [5.74, 6) is 5.31. The van der Waals surface area contributed by atoms with Crippen molar-refractivity contribution in [1.82, 2.24) is 0 Å². The van der Waals surface area contributed by atoms with Gasteiger partial charge < -0.3 is 14.2 Å². The second-order valence-electron chi connectivity index (χ2n) is 6.63. The molecule has 0 radical (unpaired) electrons. The molecule has 3 rings (SSSR count). The Labute approximate surface area is 185 Å². The van der Waals surface area contributed by atoms with E-state index in [4.69, 9.17) is 9.47 Å². The van der Waals surface area contributed by atoms with Crippen molar-refractivity contribution < 1.29 is 28.6 Å². The highest BCUT2D eigenvalue weighted by atomic mass is 16.5. The second kappa shape index (κ2) is 10.1. The maximum atomic E-state index is 12.7. The van der Waals surface area contributed by atoms with E-state index < -0.39 is 17.5 Å². The number of Topliss-reactive ketones (excluding diaryl/α,β-unsaturated/α-hetero) is 2. The normalized spacial score (nSPS) is 9.84. The third-order valence-electron chi connectivity index (χ3n) is 4.63. The van der Waals surface area contributed by atoms with Gasteiger partial charge in [0, 0.05) is 22.3 Å². The molecule has 0 fully saturated rings. The summed E-state index contributed by atoms with van der Waals surface area (Å²) in [6, 6.07) is 17.6. The van der Waals surface area contributed by atoms with Crippen molar-refractivity contribution in [1.29, 1.82) is 0 Å². The first kappa shape index (κ1) is 22.3. The number of ether oxygens (including phenoxy) is 3. The number of esters is 1. The zero-order valence-electron chi connectivity index (χ0n) is 17.8. The highest BCUT2D eigenvalue weighted by Gasteiger charge is 2.19. The van der Waals surface area contributed by atoms with Crippen LogP contribution in [0.25, 0.3) is 0 Å². The van der Waals surface area contributed by atoms with Crippen molar-refractivity contribution in [3.8, 4) is 23.3 Å². The van der Waals surface area contributed by atoms with Crippen LogP contribution in [-0.2, 0) is 4.74 Å². The van der Waals surface area contributed by atoms with E-state index in [0.29, 0.717) is 28.2 Å². The summed E-state index contributed by atoms with van der Waals surface area (Å²) < 4.78 is 15.1. The molecule has 0 aromatic heterocycles. The molecular weight excluding hydrogens is 408 g/mol. The van der Waals surface area contributed by atoms with Gasteiger partial charge >= 0.3 is 5.97 Å². The third kappa shape index (κ3) is 5.02. The standard InChI is InChI=1S/C26H20O6/c1-30-22-14-9-18(16-23(22)31-2)8-7-17-5-4-6-21(15-17)25(28)24(27)19-10-12-20(13-11-19)26(29)32-3/h4-6,9-16H,1-3H3. The van der Waals surface area contributed by atoms with E-state index in [1.807, 2.05) is 0 Å². The largest absolute Gasteiger partial charge is 0.493 e. The number of carbonyl (C=O) groups is 3. The first-order valence-corrected chi connectivity index (χ1v) is 9.58. The lowest BCUT2D eigenvalue weighted by Gasteiger charge is -2.06. The van der Waals surface area contributed by atoms with Gasteiger partial charge in [-0.25, -0.2) is 4.79 Å². The van der Waals surface area contributed by atoms with E-state index in [-0.39, 0.29) is 11.1 Å². The van der Waals surface area contributed by atoms with Crippen molar-refractivity contribution in [2.45, 2.75) is 0 Å². The summed E-state index contributed by atoms with van der Waals surface area (Å²) >= 11 is 0. The van der Waals surface area contributed by atoms with Crippen LogP contribution in [0.2, 0.25) is 0 Å². The lowest BCUT2D eigenvalue weighted by molar-refractivity contribution is 0.0600. The molecule has 160 valence electrons. The van der Waals surface area contributed by atoms with Gasteiger partial charge in [-0.15, -0.1) is 0 Å². The number of hydrogen-bond acceptors (Lipinski definition) is 6. The molecule has 0 bridgehead atoms. The second-order valence-corrected chi connectivity index (χ2v) is 6.63. The predicted molar refractivity (Wildman–Crippen MR) is 118 cm³/mol. The molecule has 0 spiro atoms. The van der Waals surface area contributed by atoms with Crippen LogP contribution in [0.4, 0.5) is 0 Å². The van der Waals surface area contributed by atoms with Crippen molar-refractivity contribution in [2.24, 2.45) is 0 Å². The highest BCUT2D eigenvalue weighted by molar-refractivity contribution is 6.49. The van der Waals surface area contributed by atoms with Crippen LogP contribution in [0.15, 0.2) is 66.7 Å². The number of benzene rings is 3. The number of ketones is 2. The molecule has 32 heavy (non-hydrogen) atoms. The zero-order valence-corrected chi connectivity index (χ0v) is 17.8. The molecule has 0 heterocycles. The quantitative estimate of drug-likeness (QED) is 0.256. The van der Waals surface area contributed by atoms with E-state index in [0.717, 1.165) is 0 Å². The summed E-state index contributed by atoms with van der Waals surface area (Å²) in [6.07, 6.45) is 0. The molecule has 0 atom stereocenters. The Morgan fingerprint density at radius 2 is 1.22 bits per heavy atom. The van der Waals surface area contributed by atoms with Gasteiger partial charge in [0.15, 0.2) is 11.5 Å². The summed E-state index contributed by atoms with van der Waals surface area (Å²) in [5.41, 5.74) is 2.00. The Morgan fingerprint density at radius 3 is 1.84 bits per heavy atom. The minimum atomic E-state index is -0.675. The molecular formula is C26H20O6. The van der Waals surface area contributed by atoms with Crippen molar-refractivity contribution in [3.63, 3.8) is 0 Å². The van der Waals surface area contributed by atoms with Gasteiger partial charge in [-0.1, -0.05) is 36.1 Å². The van der Waals surface area contributed by atoms with E-state index in [2.05, 4.69) is 16.6 Å². The van der Waals surface area contributed by atoms with Crippen molar-refractivity contribution in [3.05, 3.63) is 94.5 Å².